The predicted octanol–water partition coefficient (Wildman–Crippen LogP) is 3.27. The van der Waals surface area contributed by atoms with Gasteiger partial charge in [-0.15, -0.1) is 0 Å². The second-order valence-electron chi connectivity index (χ2n) is 6.28. The number of nitrogens with zero attached hydrogens (tertiary/aromatic N) is 2. The van der Waals surface area contributed by atoms with Crippen molar-refractivity contribution in [1.29, 1.82) is 0 Å². The Labute approximate surface area is 125 Å². The van der Waals surface area contributed by atoms with E-state index >= 15 is 0 Å². The van der Waals surface area contributed by atoms with Crippen molar-refractivity contribution < 1.29 is 9.31 Å². The molecule has 3 heterocycles. The van der Waals surface area contributed by atoms with Gasteiger partial charge in [0.2, 0.25) is 0 Å². The van der Waals surface area contributed by atoms with E-state index in [4.69, 9.17) is 9.31 Å². The molecular formula is C16H19BN2O2. The van der Waals surface area contributed by atoms with Crippen LogP contribution in [0.25, 0.3) is 17.0 Å². The Hall–Kier alpha value is -1.72. The molecular weight excluding hydrogens is 263 g/mol. The van der Waals surface area contributed by atoms with Crippen LogP contribution in [0.15, 0.2) is 36.7 Å². The van der Waals surface area contributed by atoms with Gasteiger partial charge in [-0.05, 0) is 33.8 Å². The highest BCUT2D eigenvalue weighted by Gasteiger charge is 2.49. The molecule has 2 aromatic rings. The van der Waals surface area contributed by atoms with Crippen molar-refractivity contribution in [3.63, 3.8) is 0 Å². The second kappa shape index (κ2) is 4.93. The molecule has 0 N–H and O–H groups in total. The summed E-state index contributed by atoms with van der Waals surface area (Å²) in [6.07, 6.45) is 7.35. The SMILES string of the molecule is CC1(C)OB(/C=C/c2cncc3ncccc23)OC1(C)C. The summed E-state index contributed by atoms with van der Waals surface area (Å²) in [6.45, 7) is 8.18. The molecule has 0 aromatic carbocycles. The third-order valence-electron chi connectivity index (χ3n) is 4.26. The predicted molar refractivity (Wildman–Crippen MR) is 84.7 cm³/mol. The Morgan fingerprint density at radius 3 is 2.52 bits per heavy atom. The Bertz CT molecular complexity index is 676. The molecule has 1 saturated heterocycles. The van der Waals surface area contributed by atoms with Crippen LogP contribution in [0.5, 0.6) is 0 Å². The molecule has 3 rings (SSSR count). The molecule has 21 heavy (non-hydrogen) atoms. The van der Waals surface area contributed by atoms with E-state index in [2.05, 4.69) is 9.97 Å². The monoisotopic (exact) mass is 282 g/mol. The van der Waals surface area contributed by atoms with E-state index in [1.807, 2.05) is 58.1 Å². The third kappa shape index (κ3) is 2.59. The van der Waals surface area contributed by atoms with Crippen LogP contribution in [0.3, 0.4) is 0 Å². The van der Waals surface area contributed by atoms with Crippen molar-refractivity contribution >= 4 is 24.1 Å². The van der Waals surface area contributed by atoms with Crippen LogP contribution in [-0.2, 0) is 9.31 Å². The van der Waals surface area contributed by atoms with Crippen LogP contribution in [0.4, 0.5) is 0 Å². The Balaban J connectivity index is 1.87. The quantitative estimate of drug-likeness (QED) is 0.793. The van der Waals surface area contributed by atoms with Gasteiger partial charge in [-0.1, -0.05) is 18.1 Å². The van der Waals surface area contributed by atoms with E-state index in [9.17, 15) is 0 Å². The molecule has 0 radical (unpaired) electrons. The van der Waals surface area contributed by atoms with E-state index in [-0.39, 0.29) is 18.3 Å². The van der Waals surface area contributed by atoms with E-state index < -0.39 is 0 Å². The van der Waals surface area contributed by atoms with Crippen LogP contribution >= 0.6 is 0 Å². The lowest BCUT2D eigenvalue weighted by Crippen LogP contribution is -2.41. The zero-order valence-corrected chi connectivity index (χ0v) is 12.8. The van der Waals surface area contributed by atoms with E-state index in [0.29, 0.717) is 0 Å². The summed E-state index contributed by atoms with van der Waals surface area (Å²) in [4.78, 5) is 8.53. The summed E-state index contributed by atoms with van der Waals surface area (Å²) in [6, 6.07) is 3.96. The molecule has 108 valence electrons. The molecule has 1 aliphatic heterocycles. The van der Waals surface area contributed by atoms with Crippen LogP contribution in [0.1, 0.15) is 33.3 Å². The maximum absolute atomic E-state index is 5.95. The van der Waals surface area contributed by atoms with Gasteiger partial charge in [-0.25, -0.2) is 0 Å². The summed E-state index contributed by atoms with van der Waals surface area (Å²) in [7, 11) is -0.345. The number of pyridine rings is 2. The van der Waals surface area contributed by atoms with Crippen LogP contribution < -0.4 is 0 Å². The summed E-state index contributed by atoms with van der Waals surface area (Å²) in [5, 5.41) is 1.07. The first-order chi connectivity index (χ1) is 9.89. The zero-order valence-electron chi connectivity index (χ0n) is 12.8. The molecule has 0 spiro atoms. The Morgan fingerprint density at radius 1 is 1.10 bits per heavy atom. The highest BCUT2D eigenvalue weighted by Crippen LogP contribution is 2.37. The fourth-order valence-electron chi connectivity index (χ4n) is 2.30. The first-order valence-corrected chi connectivity index (χ1v) is 7.12. The Kier molecular flexibility index (Phi) is 3.34. The van der Waals surface area contributed by atoms with Crippen LogP contribution in [0.2, 0.25) is 0 Å². The first kappa shape index (κ1) is 14.2. The number of hydrogen-bond donors (Lipinski definition) is 0. The largest absolute Gasteiger partial charge is 0.487 e. The minimum atomic E-state index is -0.345. The minimum Gasteiger partial charge on any atom is -0.400 e. The molecule has 1 fully saturated rings. The highest BCUT2D eigenvalue weighted by atomic mass is 16.7. The summed E-state index contributed by atoms with van der Waals surface area (Å²) in [5.41, 5.74) is 1.25. The molecule has 0 bridgehead atoms. The van der Waals surface area contributed by atoms with Crippen LogP contribution in [-0.4, -0.2) is 28.3 Å². The van der Waals surface area contributed by atoms with E-state index in [0.717, 1.165) is 16.5 Å². The smallest absolute Gasteiger partial charge is 0.400 e. The van der Waals surface area contributed by atoms with E-state index in [1.54, 1.807) is 12.4 Å². The number of rotatable bonds is 2. The molecule has 5 heteroatoms. The third-order valence-corrected chi connectivity index (χ3v) is 4.26. The number of fused-ring (bicyclic) bond motifs is 1. The molecule has 0 unspecified atom stereocenters. The fourth-order valence-corrected chi connectivity index (χ4v) is 2.30. The van der Waals surface area contributed by atoms with Crippen molar-refractivity contribution in [1.82, 2.24) is 9.97 Å². The molecule has 0 aliphatic carbocycles. The van der Waals surface area contributed by atoms with Gasteiger partial charge in [0.25, 0.3) is 0 Å². The summed E-state index contributed by atoms with van der Waals surface area (Å²) < 4.78 is 11.9. The maximum Gasteiger partial charge on any atom is 0.487 e. The normalized spacial score (nSPS) is 20.5. The lowest BCUT2D eigenvalue weighted by molar-refractivity contribution is 0.00578. The standard InChI is InChI=1S/C16H19BN2O2/c1-15(2)16(3,4)21-17(20-15)8-7-12-10-18-11-14-13(12)6-5-9-19-14/h5-11H,1-4H3/b8-7+. The van der Waals surface area contributed by atoms with Gasteiger partial charge >= 0.3 is 7.12 Å². The maximum atomic E-state index is 5.95. The van der Waals surface area contributed by atoms with Gasteiger partial charge in [0.1, 0.15) is 0 Å². The average Bonchev–Trinajstić information content (AvgIpc) is 2.64. The van der Waals surface area contributed by atoms with Gasteiger partial charge in [0.15, 0.2) is 0 Å². The van der Waals surface area contributed by atoms with Gasteiger partial charge in [-0.2, -0.15) is 0 Å². The fraction of sp³-hybridized carbons (Fsp3) is 0.375. The number of aromatic nitrogens is 2. The lowest BCUT2D eigenvalue weighted by atomic mass is 9.89. The molecule has 0 saturated carbocycles. The van der Waals surface area contributed by atoms with Crippen molar-refractivity contribution in [2.75, 3.05) is 0 Å². The molecule has 4 nitrogen and oxygen atoms in total. The average molecular weight is 282 g/mol. The topological polar surface area (TPSA) is 44.2 Å². The molecule has 0 amide bonds. The van der Waals surface area contributed by atoms with Crippen molar-refractivity contribution in [3.8, 4) is 0 Å². The molecule has 0 atom stereocenters. The van der Waals surface area contributed by atoms with Gasteiger partial charge in [0.05, 0.1) is 22.9 Å². The van der Waals surface area contributed by atoms with E-state index in [1.165, 1.54) is 0 Å². The van der Waals surface area contributed by atoms with Crippen LogP contribution in [0, 0.1) is 0 Å². The zero-order chi connectivity index (χ0) is 15.1. The summed E-state index contributed by atoms with van der Waals surface area (Å²) >= 11 is 0. The van der Waals surface area contributed by atoms with Crippen molar-refractivity contribution in [3.05, 3.63) is 42.3 Å². The second-order valence-corrected chi connectivity index (χ2v) is 6.28. The lowest BCUT2D eigenvalue weighted by Gasteiger charge is -2.32. The van der Waals surface area contributed by atoms with Gasteiger partial charge in [0, 0.05) is 23.3 Å². The van der Waals surface area contributed by atoms with Crippen molar-refractivity contribution in [2.45, 2.75) is 38.9 Å². The molecule has 2 aromatic heterocycles. The van der Waals surface area contributed by atoms with Gasteiger partial charge < -0.3 is 9.31 Å². The van der Waals surface area contributed by atoms with Crippen molar-refractivity contribution in [2.24, 2.45) is 0 Å². The number of hydrogen-bond acceptors (Lipinski definition) is 4. The highest BCUT2D eigenvalue weighted by molar-refractivity contribution is 6.52. The minimum absolute atomic E-state index is 0.319. The Morgan fingerprint density at radius 2 is 1.81 bits per heavy atom. The summed E-state index contributed by atoms with van der Waals surface area (Å²) in [5.74, 6) is 1.93. The molecule has 1 aliphatic rings. The first-order valence-electron chi connectivity index (χ1n) is 7.12. The van der Waals surface area contributed by atoms with Gasteiger partial charge in [-0.3, -0.25) is 9.97 Å².